The first-order chi connectivity index (χ1) is 11.1. The van der Waals surface area contributed by atoms with E-state index in [1.807, 2.05) is 0 Å². The number of carbonyl (C=O) groups excluding carboxylic acids is 1. The molecule has 2 N–H and O–H groups in total. The lowest BCUT2D eigenvalue weighted by atomic mass is 9.98. The monoisotopic (exact) mass is 343 g/mol. The van der Waals surface area contributed by atoms with E-state index >= 15 is 0 Å². The quantitative estimate of drug-likeness (QED) is 0.711. The van der Waals surface area contributed by atoms with Crippen molar-refractivity contribution in [1.29, 1.82) is 0 Å². The minimum Gasteiger partial charge on any atom is -0.480 e. The van der Waals surface area contributed by atoms with Crippen LogP contribution in [0.2, 0.25) is 0 Å². The van der Waals surface area contributed by atoms with Crippen LogP contribution >= 0.6 is 0 Å². The number of amides is 1. The van der Waals surface area contributed by atoms with Gasteiger partial charge in [0.15, 0.2) is 0 Å². The second-order valence-electron chi connectivity index (χ2n) is 5.57. The lowest BCUT2D eigenvalue weighted by Gasteiger charge is -2.17. The Morgan fingerprint density at radius 2 is 1.88 bits per heavy atom. The second-order valence-corrected chi connectivity index (χ2v) is 5.57. The van der Waals surface area contributed by atoms with Gasteiger partial charge in [-0.05, 0) is 37.0 Å². The molecule has 0 bridgehead atoms. The van der Waals surface area contributed by atoms with E-state index in [0.29, 0.717) is 12.0 Å². The minimum atomic E-state index is -4.40. The molecular formula is C17H20F3NO3. The predicted molar refractivity (Wildman–Crippen MR) is 83.3 cm³/mol. The van der Waals surface area contributed by atoms with Crippen molar-refractivity contribution >= 4 is 11.9 Å². The molecule has 1 aromatic carbocycles. The summed E-state index contributed by atoms with van der Waals surface area (Å²) in [6.45, 7) is 5.10. The Labute approximate surface area is 138 Å². The van der Waals surface area contributed by atoms with Crippen molar-refractivity contribution < 1.29 is 27.9 Å². The van der Waals surface area contributed by atoms with Crippen molar-refractivity contribution in [3.05, 3.63) is 48.0 Å². The highest BCUT2D eigenvalue weighted by Gasteiger charge is 2.30. The summed E-state index contributed by atoms with van der Waals surface area (Å²) in [4.78, 5) is 23.2. The number of rotatable bonds is 8. The van der Waals surface area contributed by atoms with Gasteiger partial charge in [0.1, 0.15) is 6.04 Å². The number of allylic oxidation sites excluding steroid dienone is 1. The van der Waals surface area contributed by atoms with E-state index in [9.17, 15) is 22.8 Å². The molecule has 132 valence electrons. The van der Waals surface area contributed by atoms with Gasteiger partial charge in [-0.25, -0.2) is 4.79 Å². The van der Waals surface area contributed by atoms with Crippen LogP contribution < -0.4 is 5.32 Å². The van der Waals surface area contributed by atoms with Gasteiger partial charge in [-0.15, -0.1) is 6.58 Å². The average molecular weight is 343 g/mol. The van der Waals surface area contributed by atoms with Gasteiger partial charge in [-0.1, -0.05) is 25.1 Å². The summed E-state index contributed by atoms with van der Waals surface area (Å²) >= 11 is 0. The van der Waals surface area contributed by atoms with E-state index in [-0.39, 0.29) is 12.8 Å². The fourth-order valence-corrected chi connectivity index (χ4v) is 2.13. The SMILES string of the molecule is C=CCCC(NC(=O)C(C)Cc1ccc(C(F)(F)F)cc1)C(=O)O. The molecule has 1 aromatic rings. The molecular weight excluding hydrogens is 323 g/mol. The Bertz CT molecular complexity index is 582. The van der Waals surface area contributed by atoms with E-state index < -0.39 is 35.6 Å². The summed E-state index contributed by atoms with van der Waals surface area (Å²) in [5, 5.41) is 11.5. The molecule has 0 saturated heterocycles. The number of hydrogen-bond donors (Lipinski definition) is 2. The minimum absolute atomic E-state index is 0.220. The molecule has 0 heterocycles. The van der Waals surface area contributed by atoms with Crippen LogP contribution in [0.3, 0.4) is 0 Å². The normalized spacial score (nSPS) is 13.8. The first kappa shape index (κ1) is 19.7. The number of carboxylic acid groups (broad SMARTS) is 1. The summed E-state index contributed by atoms with van der Waals surface area (Å²) in [5.74, 6) is -2.15. The molecule has 0 aromatic heterocycles. The summed E-state index contributed by atoms with van der Waals surface area (Å²) in [7, 11) is 0. The summed E-state index contributed by atoms with van der Waals surface area (Å²) in [6.07, 6.45) is -1.94. The smallest absolute Gasteiger partial charge is 0.416 e. The summed E-state index contributed by atoms with van der Waals surface area (Å²) in [5.41, 5.74) is -0.178. The van der Waals surface area contributed by atoms with Crippen LogP contribution in [0.25, 0.3) is 0 Å². The maximum Gasteiger partial charge on any atom is 0.416 e. The molecule has 0 aliphatic carbocycles. The van der Waals surface area contributed by atoms with Gasteiger partial charge in [-0.2, -0.15) is 13.2 Å². The molecule has 24 heavy (non-hydrogen) atoms. The van der Waals surface area contributed by atoms with Gasteiger partial charge in [0.25, 0.3) is 0 Å². The molecule has 2 unspecified atom stereocenters. The molecule has 0 saturated carbocycles. The zero-order chi connectivity index (χ0) is 18.3. The maximum atomic E-state index is 12.5. The van der Waals surface area contributed by atoms with Gasteiger partial charge in [0.2, 0.25) is 5.91 Å². The van der Waals surface area contributed by atoms with Crippen molar-refractivity contribution in [3.63, 3.8) is 0 Å². The van der Waals surface area contributed by atoms with Crippen molar-refractivity contribution in [2.24, 2.45) is 5.92 Å². The molecule has 0 fully saturated rings. The topological polar surface area (TPSA) is 66.4 Å². The first-order valence-corrected chi connectivity index (χ1v) is 7.45. The standard InChI is InChI=1S/C17H20F3NO3/c1-3-4-5-14(16(23)24)21-15(22)11(2)10-12-6-8-13(9-7-12)17(18,19)20/h3,6-9,11,14H,1,4-5,10H2,2H3,(H,21,22)(H,23,24). The molecule has 4 nitrogen and oxygen atoms in total. The maximum absolute atomic E-state index is 12.5. The van der Waals surface area contributed by atoms with Crippen molar-refractivity contribution in [2.75, 3.05) is 0 Å². The first-order valence-electron chi connectivity index (χ1n) is 7.45. The molecule has 7 heteroatoms. The number of carbonyl (C=O) groups is 2. The number of carboxylic acids is 1. The highest BCUT2D eigenvalue weighted by molar-refractivity contribution is 5.84. The Morgan fingerprint density at radius 1 is 1.29 bits per heavy atom. The van der Waals surface area contributed by atoms with E-state index in [1.165, 1.54) is 12.1 Å². The van der Waals surface area contributed by atoms with Gasteiger partial charge in [0.05, 0.1) is 5.56 Å². The molecule has 0 aliphatic heterocycles. The van der Waals surface area contributed by atoms with Gasteiger partial charge in [-0.3, -0.25) is 4.79 Å². The van der Waals surface area contributed by atoms with E-state index in [4.69, 9.17) is 5.11 Å². The fraction of sp³-hybridized carbons (Fsp3) is 0.412. The van der Waals surface area contributed by atoms with Crippen LogP contribution in [0.1, 0.15) is 30.9 Å². The van der Waals surface area contributed by atoms with Crippen molar-refractivity contribution in [2.45, 2.75) is 38.4 Å². The lowest BCUT2D eigenvalue weighted by Crippen LogP contribution is -2.43. The molecule has 1 amide bonds. The number of alkyl halides is 3. The van der Waals surface area contributed by atoms with E-state index in [2.05, 4.69) is 11.9 Å². The zero-order valence-electron chi connectivity index (χ0n) is 13.3. The number of halogens is 3. The zero-order valence-corrected chi connectivity index (χ0v) is 13.3. The largest absolute Gasteiger partial charge is 0.480 e. The number of hydrogen-bond acceptors (Lipinski definition) is 2. The predicted octanol–water partition coefficient (Wildman–Crippen LogP) is 3.42. The molecule has 2 atom stereocenters. The van der Waals surface area contributed by atoms with Crippen LogP contribution in [0.4, 0.5) is 13.2 Å². The van der Waals surface area contributed by atoms with Gasteiger partial charge >= 0.3 is 12.1 Å². The van der Waals surface area contributed by atoms with Crippen LogP contribution in [0, 0.1) is 5.92 Å². The Kier molecular flexibility index (Phi) is 7.00. The van der Waals surface area contributed by atoms with Crippen LogP contribution in [0.15, 0.2) is 36.9 Å². The fourth-order valence-electron chi connectivity index (χ4n) is 2.13. The average Bonchev–Trinajstić information content (AvgIpc) is 2.50. The van der Waals surface area contributed by atoms with E-state index in [0.717, 1.165) is 12.1 Å². The molecule has 0 aliphatic rings. The molecule has 0 spiro atoms. The Balaban J connectivity index is 2.65. The molecule has 1 rings (SSSR count). The second kappa shape index (κ2) is 8.52. The summed E-state index contributed by atoms with van der Waals surface area (Å²) < 4.78 is 37.5. The van der Waals surface area contributed by atoms with Crippen molar-refractivity contribution in [1.82, 2.24) is 5.32 Å². The highest BCUT2D eigenvalue weighted by Crippen LogP contribution is 2.29. The van der Waals surface area contributed by atoms with Crippen molar-refractivity contribution in [3.8, 4) is 0 Å². The highest BCUT2D eigenvalue weighted by atomic mass is 19.4. The Hall–Kier alpha value is -2.31. The van der Waals surface area contributed by atoms with Gasteiger partial charge < -0.3 is 10.4 Å². The van der Waals surface area contributed by atoms with Gasteiger partial charge in [0, 0.05) is 5.92 Å². The third-order valence-electron chi connectivity index (χ3n) is 3.54. The third kappa shape index (κ3) is 6.06. The van der Waals surface area contributed by atoms with Crippen LogP contribution in [0.5, 0.6) is 0 Å². The van der Waals surface area contributed by atoms with Crippen LogP contribution in [-0.4, -0.2) is 23.0 Å². The number of aliphatic carboxylic acids is 1. The number of benzene rings is 1. The third-order valence-corrected chi connectivity index (χ3v) is 3.54. The number of nitrogens with one attached hydrogen (secondary N) is 1. The Morgan fingerprint density at radius 3 is 2.33 bits per heavy atom. The molecule has 0 radical (unpaired) electrons. The lowest BCUT2D eigenvalue weighted by molar-refractivity contribution is -0.142. The van der Waals surface area contributed by atoms with E-state index in [1.54, 1.807) is 13.0 Å². The summed E-state index contributed by atoms with van der Waals surface area (Å²) in [6, 6.07) is 3.55. The van der Waals surface area contributed by atoms with Crippen LogP contribution in [-0.2, 0) is 22.2 Å².